The van der Waals surface area contributed by atoms with Gasteiger partial charge in [-0.05, 0) is 38.3 Å². The normalized spacial score (nSPS) is 28.6. The second kappa shape index (κ2) is 6.49. The Bertz CT molecular complexity index is 166. The Hall–Kier alpha value is -0.0800. The van der Waals surface area contributed by atoms with Crippen molar-refractivity contribution in [1.82, 2.24) is 10.2 Å². The monoisotopic (exact) mass is 212 g/mol. The number of rotatable bonds is 5. The van der Waals surface area contributed by atoms with E-state index < -0.39 is 0 Å². The fourth-order valence-corrected chi connectivity index (χ4v) is 2.59. The molecule has 2 heteroatoms. The lowest BCUT2D eigenvalue weighted by atomic mass is 9.92. The summed E-state index contributed by atoms with van der Waals surface area (Å²) in [6, 6.07) is 1.48. The first-order chi connectivity index (χ1) is 7.21. The van der Waals surface area contributed by atoms with Gasteiger partial charge in [-0.25, -0.2) is 0 Å². The van der Waals surface area contributed by atoms with Crippen LogP contribution in [0.4, 0.5) is 0 Å². The first-order valence-corrected chi connectivity index (χ1v) is 6.69. The minimum atomic E-state index is 0.727. The van der Waals surface area contributed by atoms with Crippen molar-refractivity contribution in [3.8, 4) is 0 Å². The van der Waals surface area contributed by atoms with E-state index in [4.69, 9.17) is 0 Å². The minimum absolute atomic E-state index is 0.727. The van der Waals surface area contributed by atoms with Crippen LogP contribution in [0.15, 0.2) is 0 Å². The molecule has 0 amide bonds. The van der Waals surface area contributed by atoms with Crippen molar-refractivity contribution in [1.29, 1.82) is 0 Å². The largest absolute Gasteiger partial charge is 0.311 e. The van der Waals surface area contributed by atoms with Crippen LogP contribution in [0, 0.1) is 5.92 Å². The SMILES string of the molecule is CCC(CC)NC1CCN(CC)CC1C. The van der Waals surface area contributed by atoms with Crippen LogP contribution < -0.4 is 5.32 Å². The molecule has 0 aromatic carbocycles. The van der Waals surface area contributed by atoms with Gasteiger partial charge >= 0.3 is 0 Å². The smallest absolute Gasteiger partial charge is 0.0120 e. The van der Waals surface area contributed by atoms with Crippen LogP contribution in [0.5, 0.6) is 0 Å². The van der Waals surface area contributed by atoms with E-state index in [1.54, 1.807) is 0 Å². The second-order valence-electron chi connectivity index (χ2n) is 4.95. The third kappa shape index (κ3) is 3.76. The first kappa shape index (κ1) is 13.0. The molecule has 15 heavy (non-hydrogen) atoms. The number of likely N-dealkylation sites (tertiary alicyclic amines) is 1. The van der Waals surface area contributed by atoms with Crippen molar-refractivity contribution >= 4 is 0 Å². The number of nitrogens with one attached hydrogen (secondary N) is 1. The number of hydrogen-bond donors (Lipinski definition) is 1. The predicted octanol–water partition coefficient (Wildman–Crippen LogP) is 2.49. The van der Waals surface area contributed by atoms with E-state index in [-0.39, 0.29) is 0 Å². The third-order valence-electron chi connectivity index (χ3n) is 3.87. The Morgan fingerprint density at radius 3 is 2.40 bits per heavy atom. The van der Waals surface area contributed by atoms with Crippen LogP contribution >= 0.6 is 0 Å². The van der Waals surface area contributed by atoms with Crippen LogP contribution in [0.25, 0.3) is 0 Å². The van der Waals surface area contributed by atoms with Crippen LogP contribution in [-0.4, -0.2) is 36.6 Å². The Morgan fingerprint density at radius 2 is 1.93 bits per heavy atom. The molecule has 2 nitrogen and oxygen atoms in total. The Labute approximate surface area is 95.4 Å². The topological polar surface area (TPSA) is 15.3 Å². The number of nitrogens with zero attached hydrogens (tertiary/aromatic N) is 1. The van der Waals surface area contributed by atoms with Gasteiger partial charge in [-0.1, -0.05) is 27.7 Å². The maximum atomic E-state index is 3.82. The zero-order valence-corrected chi connectivity index (χ0v) is 10.9. The summed E-state index contributed by atoms with van der Waals surface area (Å²) in [4.78, 5) is 2.57. The molecular weight excluding hydrogens is 184 g/mol. The Morgan fingerprint density at radius 1 is 1.27 bits per heavy atom. The molecule has 1 rings (SSSR count). The standard InChI is InChI=1S/C13H28N2/c1-5-12(6-2)14-13-8-9-15(7-3)10-11(13)4/h11-14H,5-10H2,1-4H3. The highest BCUT2D eigenvalue weighted by atomic mass is 15.1. The summed E-state index contributed by atoms with van der Waals surface area (Å²) in [5.74, 6) is 0.805. The zero-order chi connectivity index (χ0) is 11.3. The van der Waals surface area contributed by atoms with E-state index in [1.807, 2.05) is 0 Å². The van der Waals surface area contributed by atoms with Gasteiger partial charge in [0.2, 0.25) is 0 Å². The van der Waals surface area contributed by atoms with Gasteiger partial charge in [-0.2, -0.15) is 0 Å². The third-order valence-corrected chi connectivity index (χ3v) is 3.87. The maximum absolute atomic E-state index is 3.82. The summed E-state index contributed by atoms with van der Waals surface area (Å²) in [5, 5.41) is 3.82. The summed E-state index contributed by atoms with van der Waals surface area (Å²) in [6.07, 6.45) is 3.85. The van der Waals surface area contributed by atoms with Crippen LogP contribution in [-0.2, 0) is 0 Å². The maximum Gasteiger partial charge on any atom is 0.0120 e. The average Bonchev–Trinajstić information content (AvgIpc) is 2.27. The Kier molecular flexibility index (Phi) is 5.62. The highest BCUT2D eigenvalue weighted by Gasteiger charge is 2.25. The zero-order valence-electron chi connectivity index (χ0n) is 10.9. The second-order valence-corrected chi connectivity index (χ2v) is 4.95. The van der Waals surface area contributed by atoms with Gasteiger partial charge in [0, 0.05) is 18.6 Å². The van der Waals surface area contributed by atoms with Crippen molar-refractivity contribution in [3.63, 3.8) is 0 Å². The molecule has 1 aliphatic rings. The van der Waals surface area contributed by atoms with E-state index in [9.17, 15) is 0 Å². The van der Waals surface area contributed by atoms with Gasteiger partial charge in [-0.3, -0.25) is 0 Å². The lowest BCUT2D eigenvalue weighted by Gasteiger charge is -2.38. The fourth-order valence-electron chi connectivity index (χ4n) is 2.59. The highest BCUT2D eigenvalue weighted by molar-refractivity contribution is 4.84. The van der Waals surface area contributed by atoms with E-state index in [1.165, 1.54) is 38.9 Å². The molecule has 1 heterocycles. The molecule has 0 aliphatic carbocycles. The summed E-state index contributed by atoms with van der Waals surface area (Å²) < 4.78 is 0. The van der Waals surface area contributed by atoms with Gasteiger partial charge < -0.3 is 10.2 Å². The molecular formula is C13H28N2. The summed E-state index contributed by atoms with van der Waals surface area (Å²) in [5.41, 5.74) is 0. The molecule has 0 radical (unpaired) electrons. The molecule has 1 aliphatic heterocycles. The molecule has 1 fully saturated rings. The summed E-state index contributed by atoms with van der Waals surface area (Å²) in [7, 11) is 0. The summed E-state index contributed by atoms with van der Waals surface area (Å²) in [6.45, 7) is 13.0. The van der Waals surface area contributed by atoms with Crippen molar-refractivity contribution in [2.75, 3.05) is 19.6 Å². The first-order valence-electron chi connectivity index (χ1n) is 6.69. The van der Waals surface area contributed by atoms with Crippen molar-refractivity contribution in [3.05, 3.63) is 0 Å². The van der Waals surface area contributed by atoms with E-state index in [0.717, 1.165) is 18.0 Å². The van der Waals surface area contributed by atoms with Gasteiger partial charge in [-0.15, -0.1) is 0 Å². The van der Waals surface area contributed by atoms with Gasteiger partial charge in [0.15, 0.2) is 0 Å². The lowest BCUT2D eigenvalue weighted by molar-refractivity contribution is 0.145. The van der Waals surface area contributed by atoms with Crippen molar-refractivity contribution in [2.24, 2.45) is 5.92 Å². The molecule has 0 aromatic heterocycles. The Balaban J connectivity index is 2.37. The van der Waals surface area contributed by atoms with E-state index in [0.29, 0.717) is 0 Å². The quantitative estimate of drug-likeness (QED) is 0.753. The molecule has 1 N–H and O–H groups in total. The van der Waals surface area contributed by atoms with E-state index in [2.05, 4.69) is 37.9 Å². The lowest BCUT2D eigenvalue weighted by Crippen LogP contribution is -2.50. The molecule has 2 atom stereocenters. The summed E-state index contributed by atoms with van der Waals surface area (Å²) >= 11 is 0. The predicted molar refractivity (Wildman–Crippen MR) is 67.2 cm³/mol. The van der Waals surface area contributed by atoms with Crippen LogP contribution in [0.1, 0.15) is 47.0 Å². The van der Waals surface area contributed by atoms with Crippen molar-refractivity contribution in [2.45, 2.75) is 59.0 Å². The molecule has 2 unspecified atom stereocenters. The molecule has 1 saturated heterocycles. The minimum Gasteiger partial charge on any atom is -0.311 e. The number of hydrogen-bond acceptors (Lipinski definition) is 2. The van der Waals surface area contributed by atoms with Crippen LogP contribution in [0.2, 0.25) is 0 Å². The molecule has 0 aromatic rings. The van der Waals surface area contributed by atoms with Crippen LogP contribution in [0.3, 0.4) is 0 Å². The molecule has 0 saturated carbocycles. The van der Waals surface area contributed by atoms with Crippen molar-refractivity contribution < 1.29 is 0 Å². The number of piperidine rings is 1. The van der Waals surface area contributed by atoms with E-state index >= 15 is 0 Å². The van der Waals surface area contributed by atoms with Gasteiger partial charge in [0.1, 0.15) is 0 Å². The average molecular weight is 212 g/mol. The fraction of sp³-hybridized carbons (Fsp3) is 1.00. The molecule has 0 spiro atoms. The van der Waals surface area contributed by atoms with Gasteiger partial charge in [0.25, 0.3) is 0 Å². The van der Waals surface area contributed by atoms with Gasteiger partial charge in [0.05, 0.1) is 0 Å². The molecule has 0 bridgehead atoms. The highest BCUT2D eigenvalue weighted by Crippen LogP contribution is 2.17. The molecule has 90 valence electrons.